The molecule has 0 aliphatic rings. The lowest BCUT2D eigenvalue weighted by molar-refractivity contribution is -0.139. The molecule has 0 unspecified atom stereocenters. The summed E-state index contributed by atoms with van der Waals surface area (Å²) in [7, 11) is 0. The standard InChI is InChI=1S/C23H28N6O3/c30-22(29-20(23(31)32)5-3-10-24-16-21-27-12-13-28-21)18-8-6-17(7-9-18)14-25-15-19-4-1-2-11-26-19/h1-2,4,6-9,11-13,20,24-25H,3,5,10,14-16H2,(H,27,28)(H,29,30)(H,31,32)/t20-/m0/s1. The first kappa shape index (κ1) is 23.1. The van der Waals surface area contributed by atoms with Crippen molar-refractivity contribution < 1.29 is 14.7 Å². The van der Waals surface area contributed by atoms with Crippen LogP contribution in [0.15, 0.2) is 61.1 Å². The third-order valence-corrected chi connectivity index (χ3v) is 4.87. The van der Waals surface area contributed by atoms with Crippen LogP contribution in [0.1, 0.15) is 40.3 Å². The van der Waals surface area contributed by atoms with Gasteiger partial charge in [-0.05, 0) is 49.2 Å². The van der Waals surface area contributed by atoms with Gasteiger partial charge >= 0.3 is 5.97 Å². The minimum Gasteiger partial charge on any atom is -0.480 e. The lowest BCUT2D eigenvalue weighted by Gasteiger charge is -2.15. The van der Waals surface area contributed by atoms with Gasteiger partial charge in [-0.1, -0.05) is 18.2 Å². The molecule has 0 saturated heterocycles. The number of carboxylic acids is 1. The van der Waals surface area contributed by atoms with Crippen LogP contribution in [-0.2, 0) is 24.4 Å². The SMILES string of the molecule is O=C(N[C@@H](CCCNCc1ncc[nH]1)C(=O)O)c1ccc(CNCc2ccccn2)cc1. The summed E-state index contributed by atoms with van der Waals surface area (Å²) in [5, 5.41) is 18.6. The number of carbonyl (C=O) groups excluding carboxylic acids is 1. The molecule has 9 heteroatoms. The fraction of sp³-hybridized carbons (Fsp3) is 0.304. The van der Waals surface area contributed by atoms with E-state index in [1.54, 1.807) is 30.7 Å². The smallest absolute Gasteiger partial charge is 0.326 e. The summed E-state index contributed by atoms with van der Waals surface area (Å²) in [6.07, 6.45) is 6.13. The van der Waals surface area contributed by atoms with Crippen molar-refractivity contribution in [2.45, 2.75) is 38.5 Å². The van der Waals surface area contributed by atoms with E-state index in [-0.39, 0.29) is 0 Å². The molecule has 5 N–H and O–H groups in total. The van der Waals surface area contributed by atoms with Gasteiger partial charge in [-0.2, -0.15) is 0 Å². The predicted molar refractivity (Wildman–Crippen MR) is 120 cm³/mol. The van der Waals surface area contributed by atoms with Gasteiger partial charge in [0.2, 0.25) is 0 Å². The number of pyridine rings is 1. The number of amides is 1. The summed E-state index contributed by atoms with van der Waals surface area (Å²) in [4.78, 5) is 35.4. The molecule has 3 aromatic rings. The second kappa shape index (κ2) is 12.3. The molecule has 0 saturated carbocycles. The number of H-pyrrole nitrogens is 1. The molecular weight excluding hydrogens is 408 g/mol. The lowest BCUT2D eigenvalue weighted by atomic mass is 10.1. The Morgan fingerprint density at radius 2 is 1.81 bits per heavy atom. The van der Waals surface area contributed by atoms with Crippen molar-refractivity contribution in [3.63, 3.8) is 0 Å². The van der Waals surface area contributed by atoms with E-state index in [0.717, 1.165) is 17.1 Å². The maximum atomic E-state index is 12.5. The Hall–Kier alpha value is -3.56. The summed E-state index contributed by atoms with van der Waals surface area (Å²) in [6, 6.07) is 12.0. The normalized spacial score (nSPS) is 11.8. The van der Waals surface area contributed by atoms with E-state index in [1.165, 1.54) is 0 Å². The van der Waals surface area contributed by atoms with E-state index in [2.05, 4.69) is 30.9 Å². The molecule has 32 heavy (non-hydrogen) atoms. The molecule has 0 fully saturated rings. The van der Waals surface area contributed by atoms with Crippen LogP contribution in [0.4, 0.5) is 0 Å². The van der Waals surface area contributed by atoms with Crippen LogP contribution in [0, 0.1) is 0 Å². The van der Waals surface area contributed by atoms with Gasteiger partial charge in [0.15, 0.2) is 0 Å². The number of imidazole rings is 1. The van der Waals surface area contributed by atoms with Gasteiger partial charge in [0, 0.05) is 37.2 Å². The third-order valence-electron chi connectivity index (χ3n) is 4.87. The monoisotopic (exact) mass is 436 g/mol. The van der Waals surface area contributed by atoms with Crippen molar-refractivity contribution in [2.24, 2.45) is 0 Å². The van der Waals surface area contributed by atoms with Crippen LogP contribution < -0.4 is 16.0 Å². The maximum absolute atomic E-state index is 12.5. The van der Waals surface area contributed by atoms with Crippen molar-refractivity contribution >= 4 is 11.9 Å². The quantitative estimate of drug-likeness (QED) is 0.258. The molecule has 0 aliphatic heterocycles. The van der Waals surface area contributed by atoms with Crippen molar-refractivity contribution in [3.05, 3.63) is 83.7 Å². The van der Waals surface area contributed by atoms with E-state index in [4.69, 9.17) is 0 Å². The first-order valence-electron chi connectivity index (χ1n) is 10.5. The van der Waals surface area contributed by atoms with E-state index < -0.39 is 17.9 Å². The molecular formula is C23H28N6O3. The molecule has 168 valence electrons. The second-order valence-electron chi connectivity index (χ2n) is 7.34. The third kappa shape index (κ3) is 7.60. The van der Waals surface area contributed by atoms with Gasteiger partial charge in [0.05, 0.1) is 12.2 Å². The Morgan fingerprint density at radius 3 is 2.50 bits per heavy atom. The number of benzene rings is 1. The average Bonchev–Trinajstić information content (AvgIpc) is 3.32. The Kier molecular flexibility index (Phi) is 8.91. The molecule has 1 aromatic carbocycles. The largest absolute Gasteiger partial charge is 0.480 e. The lowest BCUT2D eigenvalue weighted by Crippen LogP contribution is -2.41. The number of nitrogens with one attached hydrogen (secondary N) is 4. The maximum Gasteiger partial charge on any atom is 0.326 e. The summed E-state index contributed by atoms with van der Waals surface area (Å²) < 4.78 is 0. The van der Waals surface area contributed by atoms with Crippen molar-refractivity contribution in [2.75, 3.05) is 6.54 Å². The first-order chi connectivity index (χ1) is 15.6. The van der Waals surface area contributed by atoms with Crippen LogP contribution >= 0.6 is 0 Å². The fourth-order valence-corrected chi connectivity index (χ4v) is 3.14. The Balaban J connectivity index is 1.40. The molecule has 3 rings (SSSR count). The van der Waals surface area contributed by atoms with E-state index in [1.807, 2.05) is 30.3 Å². The highest BCUT2D eigenvalue weighted by Crippen LogP contribution is 2.07. The van der Waals surface area contributed by atoms with Crippen molar-refractivity contribution in [1.82, 2.24) is 30.9 Å². The number of aliphatic carboxylic acids is 1. The molecule has 9 nitrogen and oxygen atoms in total. The minimum absolute atomic E-state index is 0.335. The predicted octanol–water partition coefficient (Wildman–Crippen LogP) is 1.85. The number of aromatic nitrogens is 3. The Bertz CT molecular complexity index is 961. The highest BCUT2D eigenvalue weighted by atomic mass is 16.4. The number of carbonyl (C=O) groups is 2. The molecule has 0 radical (unpaired) electrons. The fourth-order valence-electron chi connectivity index (χ4n) is 3.14. The zero-order chi connectivity index (χ0) is 22.6. The summed E-state index contributed by atoms with van der Waals surface area (Å²) in [6.45, 7) is 2.50. The first-order valence-corrected chi connectivity index (χ1v) is 10.5. The van der Waals surface area contributed by atoms with Crippen LogP contribution in [0.2, 0.25) is 0 Å². The Morgan fingerprint density at radius 1 is 0.969 bits per heavy atom. The number of hydrogen-bond donors (Lipinski definition) is 5. The van der Waals surface area contributed by atoms with E-state index in [0.29, 0.717) is 44.6 Å². The van der Waals surface area contributed by atoms with Crippen LogP contribution in [-0.4, -0.2) is 44.5 Å². The van der Waals surface area contributed by atoms with Crippen LogP contribution in [0.3, 0.4) is 0 Å². The van der Waals surface area contributed by atoms with Gasteiger partial charge in [-0.3, -0.25) is 9.78 Å². The molecule has 0 spiro atoms. The second-order valence-corrected chi connectivity index (χ2v) is 7.34. The molecule has 0 bridgehead atoms. The highest BCUT2D eigenvalue weighted by molar-refractivity contribution is 5.96. The van der Waals surface area contributed by atoms with Gasteiger partial charge < -0.3 is 26.0 Å². The summed E-state index contributed by atoms with van der Waals surface area (Å²) in [5.74, 6) is -0.614. The number of nitrogens with zero attached hydrogens (tertiary/aromatic N) is 2. The van der Waals surface area contributed by atoms with Crippen LogP contribution in [0.25, 0.3) is 0 Å². The number of rotatable bonds is 13. The van der Waals surface area contributed by atoms with E-state index >= 15 is 0 Å². The zero-order valence-electron chi connectivity index (χ0n) is 17.8. The topological polar surface area (TPSA) is 132 Å². The van der Waals surface area contributed by atoms with Crippen LogP contribution in [0.5, 0.6) is 0 Å². The van der Waals surface area contributed by atoms with Crippen molar-refractivity contribution in [1.29, 1.82) is 0 Å². The number of carboxylic acid groups (broad SMARTS) is 1. The molecule has 0 aliphatic carbocycles. The van der Waals surface area contributed by atoms with Gasteiger partial charge in [0.25, 0.3) is 5.91 Å². The zero-order valence-corrected chi connectivity index (χ0v) is 17.8. The molecule has 2 aromatic heterocycles. The minimum atomic E-state index is -1.04. The highest BCUT2D eigenvalue weighted by Gasteiger charge is 2.20. The summed E-state index contributed by atoms with van der Waals surface area (Å²) in [5.41, 5.74) is 2.41. The van der Waals surface area contributed by atoms with E-state index in [9.17, 15) is 14.7 Å². The molecule has 1 atom stereocenters. The average molecular weight is 437 g/mol. The number of aromatic amines is 1. The molecule has 2 heterocycles. The van der Waals surface area contributed by atoms with Gasteiger partial charge in [-0.15, -0.1) is 0 Å². The number of hydrogen-bond acceptors (Lipinski definition) is 6. The van der Waals surface area contributed by atoms with Crippen molar-refractivity contribution in [3.8, 4) is 0 Å². The summed E-state index contributed by atoms with van der Waals surface area (Å²) >= 11 is 0. The van der Waals surface area contributed by atoms with Gasteiger partial charge in [-0.25, -0.2) is 9.78 Å². The molecule has 1 amide bonds. The van der Waals surface area contributed by atoms with Gasteiger partial charge in [0.1, 0.15) is 11.9 Å². The Labute approximate surface area is 186 Å².